The van der Waals surface area contributed by atoms with Crippen LogP contribution >= 0.6 is 0 Å². The van der Waals surface area contributed by atoms with Crippen LogP contribution in [0.5, 0.6) is 0 Å². The van der Waals surface area contributed by atoms with Crippen LogP contribution in [-0.2, 0) is 13.1 Å². The second-order valence-corrected chi connectivity index (χ2v) is 7.91. The zero-order valence-corrected chi connectivity index (χ0v) is 18.7. The molecule has 0 bridgehead atoms. The lowest BCUT2D eigenvalue weighted by atomic mass is 10.1. The molecule has 1 amide bonds. The highest BCUT2D eigenvalue weighted by Gasteiger charge is 2.18. The summed E-state index contributed by atoms with van der Waals surface area (Å²) in [5, 5.41) is 16.2. The van der Waals surface area contributed by atoms with Gasteiger partial charge in [0.2, 0.25) is 0 Å². The molecule has 4 aromatic heterocycles. The molecule has 0 aliphatic heterocycles. The van der Waals surface area contributed by atoms with Crippen LogP contribution in [0.2, 0.25) is 0 Å². The van der Waals surface area contributed by atoms with Gasteiger partial charge in [-0.1, -0.05) is 24.3 Å². The van der Waals surface area contributed by atoms with Crippen molar-refractivity contribution in [2.45, 2.75) is 33.9 Å². The summed E-state index contributed by atoms with van der Waals surface area (Å²) in [6.45, 7) is 7.48. The average Bonchev–Trinajstić information content (AvgIpc) is 3.53. The minimum Gasteiger partial charge on any atom is -0.319 e. The summed E-state index contributed by atoms with van der Waals surface area (Å²) in [4.78, 5) is 17.4. The van der Waals surface area contributed by atoms with Gasteiger partial charge in [0.25, 0.3) is 5.91 Å². The van der Waals surface area contributed by atoms with Crippen molar-refractivity contribution < 1.29 is 4.79 Å². The Kier molecular flexibility index (Phi) is 5.21. The molecule has 166 valence electrons. The van der Waals surface area contributed by atoms with Crippen LogP contribution in [0.25, 0.3) is 16.9 Å². The Labute approximate surface area is 190 Å². The summed E-state index contributed by atoms with van der Waals surface area (Å²) in [6.07, 6.45) is 8.67. The molecule has 1 N–H and O–H groups in total. The fraction of sp³-hybridized carbons (Fsp3) is 0.208. The maximum atomic E-state index is 13.0. The first-order valence-electron chi connectivity index (χ1n) is 10.8. The minimum absolute atomic E-state index is 0.286. The Balaban J connectivity index is 1.39. The highest BCUT2D eigenvalue weighted by atomic mass is 16.1. The number of aromatic nitrogens is 7. The molecule has 33 heavy (non-hydrogen) atoms. The molecular weight excluding hydrogens is 416 g/mol. The molecule has 0 unspecified atom stereocenters. The molecule has 0 saturated heterocycles. The molecule has 0 aliphatic rings. The highest BCUT2D eigenvalue weighted by molar-refractivity contribution is 6.08. The summed E-state index contributed by atoms with van der Waals surface area (Å²) in [5.41, 5.74) is 6.56. The van der Waals surface area contributed by atoms with E-state index >= 15 is 0 Å². The van der Waals surface area contributed by atoms with E-state index in [-0.39, 0.29) is 5.91 Å². The number of carbonyl (C=O) groups excluding carboxylic acids is 1. The molecule has 5 rings (SSSR count). The van der Waals surface area contributed by atoms with Crippen LogP contribution in [0.4, 0.5) is 5.69 Å². The van der Waals surface area contributed by atoms with E-state index in [1.165, 1.54) is 11.1 Å². The number of aryl methyl sites for hydroxylation is 3. The Morgan fingerprint density at radius 2 is 1.88 bits per heavy atom. The van der Waals surface area contributed by atoms with E-state index in [1.54, 1.807) is 27.8 Å². The normalized spacial score (nSPS) is 11.2. The van der Waals surface area contributed by atoms with E-state index in [9.17, 15) is 4.79 Å². The molecule has 0 atom stereocenters. The van der Waals surface area contributed by atoms with Gasteiger partial charge in [0.15, 0.2) is 5.65 Å². The van der Waals surface area contributed by atoms with E-state index in [4.69, 9.17) is 0 Å². The van der Waals surface area contributed by atoms with Crippen molar-refractivity contribution in [1.29, 1.82) is 0 Å². The molecule has 0 fully saturated rings. The molecule has 0 radical (unpaired) electrons. The summed E-state index contributed by atoms with van der Waals surface area (Å²) in [6, 6.07) is 10.0. The predicted octanol–water partition coefficient (Wildman–Crippen LogP) is 3.73. The number of fused-ring (bicyclic) bond motifs is 1. The number of amides is 1. The number of nitrogens with one attached hydrogen (secondary N) is 1. The van der Waals surface area contributed by atoms with Crippen LogP contribution in [0.1, 0.15) is 34.1 Å². The number of hydrogen-bond donors (Lipinski definition) is 1. The molecule has 0 aliphatic carbocycles. The quantitative estimate of drug-likeness (QED) is 0.434. The smallest absolute Gasteiger partial charge is 0.261 e. The Morgan fingerprint density at radius 1 is 1.03 bits per heavy atom. The lowest BCUT2D eigenvalue weighted by molar-refractivity contribution is 0.102. The maximum Gasteiger partial charge on any atom is 0.261 e. The summed E-state index contributed by atoms with van der Waals surface area (Å²) < 4.78 is 5.36. The van der Waals surface area contributed by atoms with Gasteiger partial charge in [0.1, 0.15) is 5.56 Å². The molecule has 0 spiro atoms. The number of anilines is 1. The third kappa shape index (κ3) is 3.89. The highest BCUT2D eigenvalue weighted by Crippen LogP contribution is 2.24. The van der Waals surface area contributed by atoms with Crippen LogP contribution in [0.3, 0.4) is 0 Å². The topological polar surface area (TPSA) is 94.9 Å². The van der Waals surface area contributed by atoms with Crippen molar-refractivity contribution in [1.82, 2.24) is 34.2 Å². The van der Waals surface area contributed by atoms with Crippen LogP contribution in [0.15, 0.2) is 61.3 Å². The van der Waals surface area contributed by atoms with E-state index in [0.29, 0.717) is 23.4 Å². The van der Waals surface area contributed by atoms with Crippen LogP contribution in [-0.4, -0.2) is 40.1 Å². The number of nitrogens with zero attached hydrogens (tertiary/aromatic N) is 7. The van der Waals surface area contributed by atoms with E-state index in [2.05, 4.69) is 44.7 Å². The third-order valence-electron chi connectivity index (χ3n) is 5.68. The van der Waals surface area contributed by atoms with Gasteiger partial charge in [-0.2, -0.15) is 15.3 Å². The number of hydrogen-bond acceptors (Lipinski definition) is 5. The second kappa shape index (κ2) is 8.34. The first-order chi connectivity index (χ1) is 16.0. The summed E-state index contributed by atoms with van der Waals surface area (Å²) in [5.74, 6) is -0.286. The summed E-state index contributed by atoms with van der Waals surface area (Å²) in [7, 11) is 0. The van der Waals surface area contributed by atoms with Crippen molar-refractivity contribution in [2.24, 2.45) is 0 Å². The van der Waals surface area contributed by atoms with Gasteiger partial charge in [0, 0.05) is 30.7 Å². The van der Waals surface area contributed by atoms with E-state index < -0.39 is 0 Å². The fourth-order valence-corrected chi connectivity index (χ4v) is 3.86. The van der Waals surface area contributed by atoms with Gasteiger partial charge < -0.3 is 5.32 Å². The molecule has 5 aromatic rings. The molecule has 0 saturated carbocycles. The maximum absolute atomic E-state index is 13.0. The van der Waals surface area contributed by atoms with Crippen molar-refractivity contribution in [3.63, 3.8) is 0 Å². The third-order valence-corrected chi connectivity index (χ3v) is 5.68. The van der Waals surface area contributed by atoms with E-state index in [1.807, 2.05) is 49.1 Å². The van der Waals surface area contributed by atoms with Gasteiger partial charge in [0.05, 0.1) is 36.0 Å². The Hall–Kier alpha value is -4.27. The molecule has 9 heteroatoms. The Bertz CT molecular complexity index is 1460. The van der Waals surface area contributed by atoms with Crippen LogP contribution in [0, 0.1) is 13.8 Å². The van der Waals surface area contributed by atoms with Gasteiger partial charge in [-0.3, -0.25) is 14.2 Å². The number of rotatable bonds is 6. The van der Waals surface area contributed by atoms with Gasteiger partial charge in [-0.05, 0) is 38.0 Å². The SMILES string of the molecule is CCn1cc(-c2ccnc3c(C(=O)Nc4cnn(Cc5ccccc5C)c4)cnn23)c(C)n1. The second-order valence-electron chi connectivity index (χ2n) is 7.91. The van der Waals surface area contributed by atoms with E-state index in [0.717, 1.165) is 23.5 Å². The van der Waals surface area contributed by atoms with Crippen molar-refractivity contribution in [3.8, 4) is 11.3 Å². The van der Waals surface area contributed by atoms with Crippen molar-refractivity contribution in [2.75, 3.05) is 5.32 Å². The van der Waals surface area contributed by atoms with Gasteiger partial charge >= 0.3 is 0 Å². The monoisotopic (exact) mass is 440 g/mol. The number of carbonyl (C=O) groups is 1. The first-order valence-corrected chi connectivity index (χ1v) is 10.8. The fourth-order valence-electron chi connectivity index (χ4n) is 3.86. The van der Waals surface area contributed by atoms with Gasteiger partial charge in [-0.15, -0.1) is 0 Å². The van der Waals surface area contributed by atoms with Crippen LogP contribution < -0.4 is 5.32 Å². The molecular formula is C24H24N8O. The molecule has 4 heterocycles. The zero-order chi connectivity index (χ0) is 22.9. The zero-order valence-electron chi connectivity index (χ0n) is 18.7. The first kappa shape index (κ1) is 20.6. The minimum atomic E-state index is -0.286. The van der Waals surface area contributed by atoms with Crippen molar-refractivity contribution in [3.05, 3.63) is 83.7 Å². The lowest BCUT2D eigenvalue weighted by Gasteiger charge is -2.05. The summed E-state index contributed by atoms with van der Waals surface area (Å²) >= 11 is 0. The van der Waals surface area contributed by atoms with Gasteiger partial charge in [-0.25, -0.2) is 9.50 Å². The lowest BCUT2D eigenvalue weighted by Crippen LogP contribution is -2.12. The van der Waals surface area contributed by atoms with Crippen molar-refractivity contribution >= 4 is 17.2 Å². The average molecular weight is 441 g/mol. The Morgan fingerprint density at radius 3 is 2.67 bits per heavy atom. The molecule has 1 aromatic carbocycles. The number of benzene rings is 1. The molecule has 9 nitrogen and oxygen atoms in total. The predicted molar refractivity (Wildman–Crippen MR) is 125 cm³/mol. The largest absolute Gasteiger partial charge is 0.319 e. The standard InChI is InChI=1S/C24H24N8O/c1-4-30-15-21(17(3)29-30)22-9-10-25-23-20(12-27-32(22)23)24(33)28-19-11-26-31(14-19)13-18-8-6-5-7-16(18)2/h5-12,14-15H,4,13H2,1-3H3,(H,28,33).